The summed E-state index contributed by atoms with van der Waals surface area (Å²) in [5.41, 5.74) is 0.902. The van der Waals surface area contributed by atoms with E-state index >= 15 is 0 Å². The second kappa shape index (κ2) is 11.4. The number of carbonyl (C=O) groups excluding carboxylic acids is 2. The third kappa shape index (κ3) is 6.72. The number of halogens is 2. The molecule has 0 saturated heterocycles. The van der Waals surface area contributed by atoms with E-state index in [1.165, 1.54) is 30.3 Å². The third-order valence-electron chi connectivity index (χ3n) is 4.65. The molecule has 0 spiro atoms. The summed E-state index contributed by atoms with van der Waals surface area (Å²) < 4.78 is 0. The van der Waals surface area contributed by atoms with E-state index in [0.29, 0.717) is 27.3 Å². The van der Waals surface area contributed by atoms with Gasteiger partial charge in [0.2, 0.25) is 11.1 Å². The second-order valence-corrected chi connectivity index (χ2v) is 9.33. The van der Waals surface area contributed by atoms with Gasteiger partial charge in [-0.2, -0.15) is 0 Å². The van der Waals surface area contributed by atoms with Gasteiger partial charge in [0.1, 0.15) is 5.82 Å². The molecule has 1 atom stereocenters. The first-order chi connectivity index (χ1) is 16.1. The number of benzene rings is 2. The number of thioether (sulfide) groups is 1. The Hall–Kier alpha value is -3.08. The number of H-pyrrole nitrogens is 1. The van der Waals surface area contributed by atoms with Crippen LogP contribution >= 0.6 is 35.0 Å². The monoisotopic (exact) mass is 521 g/mol. The number of amides is 2. The van der Waals surface area contributed by atoms with Gasteiger partial charge in [0.05, 0.1) is 27.9 Å². The van der Waals surface area contributed by atoms with Crippen molar-refractivity contribution in [3.63, 3.8) is 0 Å². The van der Waals surface area contributed by atoms with Gasteiger partial charge in [-0.1, -0.05) is 48.8 Å². The molecule has 1 heterocycles. The number of aromatic nitrogens is 3. The molecule has 34 heavy (non-hydrogen) atoms. The van der Waals surface area contributed by atoms with Crippen molar-refractivity contribution in [1.82, 2.24) is 20.5 Å². The molecule has 0 bridgehead atoms. The molecule has 178 valence electrons. The maximum atomic E-state index is 12.7. The Morgan fingerprint density at radius 3 is 2.44 bits per heavy atom. The van der Waals surface area contributed by atoms with Crippen molar-refractivity contribution in [2.75, 3.05) is 11.1 Å². The normalized spacial score (nSPS) is 11.8. The van der Waals surface area contributed by atoms with Gasteiger partial charge in [0, 0.05) is 10.7 Å². The first-order valence-corrected chi connectivity index (χ1v) is 11.8. The molecule has 0 saturated carbocycles. The van der Waals surface area contributed by atoms with Crippen molar-refractivity contribution in [2.45, 2.75) is 25.0 Å². The minimum Gasteiger partial charge on any atom is -0.478 e. The van der Waals surface area contributed by atoms with E-state index in [-0.39, 0.29) is 34.1 Å². The van der Waals surface area contributed by atoms with Gasteiger partial charge in [-0.3, -0.25) is 14.7 Å². The fourth-order valence-electron chi connectivity index (χ4n) is 2.93. The lowest BCUT2D eigenvalue weighted by atomic mass is 10.0. The van der Waals surface area contributed by atoms with Gasteiger partial charge in [-0.25, -0.2) is 9.78 Å². The highest BCUT2D eigenvalue weighted by Crippen LogP contribution is 2.25. The predicted molar refractivity (Wildman–Crippen MR) is 131 cm³/mol. The minimum absolute atomic E-state index is 0.0158. The number of hydrogen-bond acceptors (Lipinski definition) is 6. The number of anilines is 1. The standard InChI is InChI=1S/C22H21Cl2N5O4S/c1-11(2)18(26-20(31)15-8-5-13(23)9-16(15)24)19-27-22(29-28-19)34-10-17(30)25-14-6-3-12(4-7-14)21(32)33/h3-9,11,18H,10H2,1-2H3,(H,25,30)(H,26,31)(H,32,33)(H,27,28,29)/t18-/m1/s1. The summed E-state index contributed by atoms with van der Waals surface area (Å²) in [6.07, 6.45) is 0. The van der Waals surface area contributed by atoms with Crippen molar-refractivity contribution in [3.05, 3.63) is 69.5 Å². The Bertz CT molecular complexity index is 1200. The zero-order chi connectivity index (χ0) is 24.8. The first kappa shape index (κ1) is 25.5. The Morgan fingerprint density at radius 2 is 1.82 bits per heavy atom. The Balaban J connectivity index is 1.60. The quantitative estimate of drug-likeness (QED) is 0.300. The number of aromatic carboxylic acids is 1. The molecule has 4 N–H and O–H groups in total. The maximum Gasteiger partial charge on any atom is 0.335 e. The molecule has 3 rings (SSSR count). The highest BCUT2D eigenvalue weighted by Gasteiger charge is 2.24. The molecule has 0 unspecified atom stereocenters. The van der Waals surface area contributed by atoms with Gasteiger partial charge in [-0.15, -0.1) is 5.10 Å². The van der Waals surface area contributed by atoms with E-state index in [2.05, 4.69) is 25.8 Å². The molecule has 9 nitrogen and oxygen atoms in total. The molecule has 0 aliphatic rings. The van der Waals surface area contributed by atoms with Crippen molar-refractivity contribution < 1.29 is 19.5 Å². The van der Waals surface area contributed by atoms with Crippen LogP contribution in [0.25, 0.3) is 0 Å². The number of hydrogen-bond donors (Lipinski definition) is 4. The summed E-state index contributed by atoms with van der Waals surface area (Å²) in [6.45, 7) is 3.85. The number of carbonyl (C=O) groups is 3. The van der Waals surface area contributed by atoms with Gasteiger partial charge < -0.3 is 15.7 Å². The largest absolute Gasteiger partial charge is 0.478 e. The zero-order valence-corrected chi connectivity index (χ0v) is 20.5. The molecule has 2 aromatic carbocycles. The van der Waals surface area contributed by atoms with Crippen LogP contribution in [0, 0.1) is 5.92 Å². The average Bonchev–Trinajstić information content (AvgIpc) is 3.24. The number of nitrogens with one attached hydrogen (secondary N) is 3. The van der Waals surface area contributed by atoms with Crippen LogP contribution in [0.4, 0.5) is 5.69 Å². The summed E-state index contributed by atoms with van der Waals surface area (Å²) in [5.74, 6) is -1.25. The Morgan fingerprint density at radius 1 is 1.12 bits per heavy atom. The lowest BCUT2D eigenvalue weighted by molar-refractivity contribution is -0.113. The smallest absolute Gasteiger partial charge is 0.335 e. The minimum atomic E-state index is -1.04. The fourth-order valence-corrected chi connectivity index (χ4v) is 4.03. The summed E-state index contributed by atoms with van der Waals surface area (Å²) in [4.78, 5) is 40.3. The average molecular weight is 522 g/mol. The van der Waals surface area contributed by atoms with Crippen LogP contribution in [0.1, 0.15) is 46.4 Å². The molecule has 0 radical (unpaired) electrons. The highest BCUT2D eigenvalue weighted by molar-refractivity contribution is 7.99. The van der Waals surface area contributed by atoms with Gasteiger partial charge in [-0.05, 0) is 48.4 Å². The van der Waals surface area contributed by atoms with Crippen LogP contribution in [-0.4, -0.2) is 43.8 Å². The molecule has 0 fully saturated rings. The molecule has 1 aromatic heterocycles. The van der Waals surface area contributed by atoms with Crippen molar-refractivity contribution >= 4 is 58.4 Å². The van der Waals surface area contributed by atoms with E-state index in [4.69, 9.17) is 28.3 Å². The predicted octanol–water partition coefficient (Wildman–Crippen LogP) is 4.67. The second-order valence-electron chi connectivity index (χ2n) is 7.54. The highest BCUT2D eigenvalue weighted by atomic mass is 35.5. The van der Waals surface area contributed by atoms with E-state index in [0.717, 1.165) is 11.8 Å². The van der Waals surface area contributed by atoms with Crippen LogP contribution in [-0.2, 0) is 4.79 Å². The SMILES string of the molecule is CC(C)[C@@H](NC(=O)c1ccc(Cl)cc1Cl)c1nc(SCC(=O)Nc2ccc(C(=O)O)cc2)n[nH]1. The maximum absolute atomic E-state index is 12.7. The lowest BCUT2D eigenvalue weighted by Gasteiger charge is -2.20. The van der Waals surface area contributed by atoms with Crippen molar-refractivity contribution in [3.8, 4) is 0 Å². The summed E-state index contributed by atoms with van der Waals surface area (Å²) in [6, 6.07) is 10.0. The van der Waals surface area contributed by atoms with Gasteiger partial charge in [0.15, 0.2) is 0 Å². The number of nitrogens with zero attached hydrogens (tertiary/aromatic N) is 2. The molecule has 12 heteroatoms. The first-order valence-electron chi connectivity index (χ1n) is 10.1. The number of carboxylic acids is 1. The Kier molecular flexibility index (Phi) is 8.54. The van der Waals surface area contributed by atoms with Crippen LogP contribution < -0.4 is 10.6 Å². The van der Waals surface area contributed by atoms with Crippen molar-refractivity contribution in [1.29, 1.82) is 0 Å². The van der Waals surface area contributed by atoms with Crippen LogP contribution in [0.2, 0.25) is 10.0 Å². The lowest BCUT2D eigenvalue weighted by Crippen LogP contribution is -2.32. The number of carboxylic acid groups (broad SMARTS) is 1. The Labute approximate surface area is 209 Å². The molecule has 0 aliphatic carbocycles. The van der Waals surface area contributed by atoms with Crippen LogP contribution in [0.3, 0.4) is 0 Å². The van der Waals surface area contributed by atoms with Crippen LogP contribution in [0.5, 0.6) is 0 Å². The molecule has 0 aliphatic heterocycles. The van der Waals surface area contributed by atoms with Gasteiger partial charge in [0.25, 0.3) is 5.91 Å². The number of aromatic amines is 1. The fraction of sp³-hybridized carbons (Fsp3) is 0.227. The van der Waals surface area contributed by atoms with Gasteiger partial charge >= 0.3 is 5.97 Å². The van der Waals surface area contributed by atoms with E-state index < -0.39 is 12.0 Å². The van der Waals surface area contributed by atoms with Crippen molar-refractivity contribution in [2.24, 2.45) is 5.92 Å². The molecule has 2 amide bonds. The molecule has 3 aromatic rings. The van der Waals surface area contributed by atoms with E-state index in [1.807, 2.05) is 13.8 Å². The van der Waals surface area contributed by atoms with E-state index in [1.54, 1.807) is 12.1 Å². The summed E-state index contributed by atoms with van der Waals surface area (Å²) in [5, 5.41) is 22.5. The molecular formula is C22H21Cl2N5O4S. The summed E-state index contributed by atoms with van der Waals surface area (Å²) >= 11 is 13.2. The topological polar surface area (TPSA) is 137 Å². The van der Waals surface area contributed by atoms with Crippen LogP contribution in [0.15, 0.2) is 47.6 Å². The molecular weight excluding hydrogens is 501 g/mol. The summed E-state index contributed by atoms with van der Waals surface area (Å²) in [7, 11) is 0. The number of rotatable bonds is 9. The third-order valence-corrected chi connectivity index (χ3v) is 6.05. The zero-order valence-electron chi connectivity index (χ0n) is 18.1. The van der Waals surface area contributed by atoms with E-state index in [9.17, 15) is 14.4 Å².